The SMILES string of the molecule is COc1cc(/C=C/C(=O)NC(C)C(C)N2CCOCC2)ccc1OC(F)F. The second-order valence-corrected chi connectivity index (χ2v) is 6.31. The summed E-state index contributed by atoms with van der Waals surface area (Å²) in [7, 11) is 1.36. The van der Waals surface area contributed by atoms with Gasteiger partial charge in [-0.05, 0) is 37.6 Å². The van der Waals surface area contributed by atoms with Crippen LogP contribution in [0.15, 0.2) is 24.3 Å². The van der Waals surface area contributed by atoms with Crippen molar-refractivity contribution in [1.82, 2.24) is 10.2 Å². The van der Waals surface area contributed by atoms with Gasteiger partial charge in [-0.15, -0.1) is 0 Å². The Morgan fingerprint density at radius 1 is 1.26 bits per heavy atom. The summed E-state index contributed by atoms with van der Waals surface area (Å²) in [5.41, 5.74) is 0.637. The minimum Gasteiger partial charge on any atom is -0.493 e. The Balaban J connectivity index is 1.93. The Labute approximate surface area is 158 Å². The van der Waals surface area contributed by atoms with Gasteiger partial charge < -0.3 is 19.5 Å². The molecule has 1 heterocycles. The van der Waals surface area contributed by atoms with E-state index in [4.69, 9.17) is 9.47 Å². The molecular weight excluding hydrogens is 358 g/mol. The minimum atomic E-state index is -2.93. The highest BCUT2D eigenvalue weighted by atomic mass is 19.3. The van der Waals surface area contributed by atoms with Crippen LogP contribution in [-0.2, 0) is 9.53 Å². The molecule has 1 aromatic rings. The van der Waals surface area contributed by atoms with E-state index in [0.717, 1.165) is 13.1 Å². The molecule has 2 unspecified atom stereocenters. The summed E-state index contributed by atoms with van der Waals surface area (Å²) in [4.78, 5) is 14.5. The molecule has 2 rings (SSSR count). The first-order valence-electron chi connectivity index (χ1n) is 8.84. The minimum absolute atomic E-state index is 0.0309. The zero-order valence-electron chi connectivity index (χ0n) is 15.8. The van der Waals surface area contributed by atoms with Gasteiger partial charge in [0.25, 0.3) is 0 Å². The molecule has 0 saturated carbocycles. The number of benzene rings is 1. The number of rotatable bonds is 8. The third-order valence-electron chi connectivity index (χ3n) is 4.55. The maximum Gasteiger partial charge on any atom is 0.387 e. The first-order valence-corrected chi connectivity index (χ1v) is 8.84. The van der Waals surface area contributed by atoms with Crippen LogP contribution >= 0.6 is 0 Å². The lowest BCUT2D eigenvalue weighted by Gasteiger charge is -2.35. The molecule has 8 heteroatoms. The van der Waals surface area contributed by atoms with E-state index in [1.807, 2.05) is 6.92 Å². The van der Waals surface area contributed by atoms with Crippen LogP contribution in [0.25, 0.3) is 6.08 Å². The number of ether oxygens (including phenoxy) is 3. The summed E-state index contributed by atoms with van der Waals surface area (Å²) >= 11 is 0. The summed E-state index contributed by atoms with van der Waals surface area (Å²) in [5, 5.41) is 2.95. The number of morpholine rings is 1. The van der Waals surface area contributed by atoms with Crippen LogP contribution < -0.4 is 14.8 Å². The van der Waals surface area contributed by atoms with E-state index in [0.29, 0.717) is 18.8 Å². The van der Waals surface area contributed by atoms with Crippen molar-refractivity contribution in [2.75, 3.05) is 33.4 Å². The van der Waals surface area contributed by atoms with Crippen LogP contribution in [0.4, 0.5) is 8.78 Å². The van der Waals surface area contributed by atoms with E-state index in [9.17, 15) is 13.6 Å². The standard InChI is InChI=1S/C19H26F2N2O4/c1-13(14(2)23-8-10-26-11-9-23)22-18(24)7-5-15-4-6-16(27-19(20)21)17(12-15)25-3/h4-7,12-14,19H,8-11H2,1-3H3,(H,22,24)/b7-5+. The Kier molecular flexibility index (Phi) is 7.99. The highest BCUT2D eigenvalue weighted by molar-refractivity contribution is 5.92. The molecule has 0 radical (unpaired) electrons. The molecule has 1 amide bonds. The molecule has 1 fully saturated rings. The monoisotopic (exact) mass is 384 g/mol. The number of alkyl halides is 2. The third kappa shape index (κ3) is 6.48. The molecule has 27 heavy (non-hydrogen) atoms. The first kappa shape index (κ1) is 21.1. The summed E-state index contributed by atoms with van der Waals surface area (Å²) in [6, 6.07) is 4.64. The van der Waals surface area contributed by atoms with Crippen LogP contribution in [0.1, 0.15) is 19.4 Å². The summed E-state index contributed by atoms with van der Waals surface area (Å²) in [6.45, 7) is 4.23. The number of nitrogens with zero attached hydrogens (tertiary/aromatic N) is 1. The van der Waals surface area contributed by atoms with E-state index >= 15 is 0 Å². The summed E-state index contributed by atoms with van der Waals surface area (Å²) in [5.74, 6) is -0.108. The van der Waals surface area contributed by atoms with Crippen molar-refractivity contribution in [3.8, 4) is 11.5 Å². The topological polar surface area (TPSA) is 60.0 Å². The maximum absolute atomic E-state index is 12.4. The molecule has 150 valence electrons. The van der Waals surface area contributed by atoms with E-state index in [1.165, 1.54) is 25.3 Å². The average Bonchev–Trinajstić information content (AvgIpc) is 2.66. The maximum atomic E-state index is 12.4. The zero-order chi connectivity index (χ0) is 19.8. The Bertz CT molecular complexity index is 649. The van der Waals surface area contributed by atoms with E-state index in [1.54, 1.807) is 12.1 Å². The quantitative estimate of drug-likeness (QED) is 0.698. The van der Waals surface area contributed by atoms with Crippen molar-refractivity contribution in [2.45, 2.75) is 32.5 Å². The van der Waals surface area contributed by atoms with Gasteiger partial charge in [0, 0.05) is 31.2 Å². The highest BCUT2D eigenvalue weighted by Gasteiger charge is 2.22. The molecule has 1 N–H and O–H groups in total. The smallest absolute Gasteiger partial charge is 0.387 e. The first-order chi connectivity index (χ1) is 12.9. The number of carbonyl (C=O) groups is 1. The van der Waals surface area contributed by atoms with Crippen LogP contribution in [0.2, 0.25) is 0 Å². The number of methoxy groups -OCH3 is 1. The Morgan fingerprint density at radius 3 is 2.59 bits per heavy atom. The molecule has 1 saturated heterocycles. The van der Waals surface area contributed by atoms with Crippen LogP contribution in [0.5, 0.6) is 11.5 Å². The summed E-state index contributed by atoms with van der Waals surface area (Å²) in [6.07, 6.45) is 3.00. The predicted molar refractivity (Wildman–Crippen MR) is 98.1 cm³/mol. The fraction of sp³-hybridized carbons (Fsp3) is 0.526. The van der Waals surface area contributed by atoms with Gasteiger partial charge in [-0.1, -0.05) is 6.07 Å². The van der Waals surface area contributed by atoms with Gasteiger partial charge in [-0.3, -0.25) is 9.69 Å². The number of nitrogens with one attached hydrogen (secondary N) is 1. The van der Waals surface area contributed by atoms with Crippen LogP contribution in [-0.4, -0.2) is 62.9 Å². The molecule has 0 bridgehead atoms. The average molecular weight is 384 g/mol. The van der Waals surface area contributed by atoms with Crippen LogP contribution in [0, 0.1) is 0 Å². The molecule has 1 aliphatic heterocycles. The second-order valence-electron chi connectivity index (χ2n) is 6.31. The summed E-state index contributed by atoms with van der Waals surface area (Å²) < 4.78 is 39.5. The van der Waals surface area contributed by atoms with Gasteiger partial charge in [-0.2, -0.15) is 8.78 Å². The normalized spacial score (nSPS) is 17.7. The number of halogens is 2. The molecule has 2 atom stereocenters. The van der Waals surface area contributed by atoms with Gasteiger partial charge in [-0.25, -0.2) is 0 Å². The van der Waals surface area contributed by atoms with Crippen molar-refractivity contribution in [3.63, 3.8) is 0 Å². The number of hydrogen-bond acceptors (Lipinski definition) is 5. The van der Waals surface area contributed by atoms with Crippen molar-refractivity contribution in [3.05, 3.63) is 29.8 Å². The number of amides is 1. The van der Waals surface area contributed by atoms with Gasteiger partial charge in [0.05, 0.1) is 20.3 Å². The molecule has 1 aromatic carbocycles. The van der Waals surface area contributed by atoms with Crippen LogP contribution in [0.3, 0.4) is 0 Å². The van der Waals surface area contributed by atoms with E-state index < -0.39 is 6.61 Å². The van der Waals surface area contributed by atoms with E-state index in [2.05, 4.69) is 21.9 Å². The van der Waals surface area contributed by atoms with Crippen molar-refractivity contribution in [1.29, 1.82) is 0 Å². The molecule has 0 aliphatic carbocycles. The van der Waals surface area contributed by atoms with Gasteiger partial charge in [0.1, 0.15) is 0 Å². The second kappa shape index (κ2) is 10.2. The lowest BCUT2D eigenvalue weighted by molar-refractivity contribution is -0.117. The molecular formula is C19H26F2N2O4. The van der Waals surface area contributed by atoms with Crippen molar-refractivity contribution in [2.24, 2.45) is 0 Å². The molecule has 6 nitrogen and oxygen atoms in total. The van der Waals surface area contributed by atoms with E-state index in [-0.39, 0.29) is 29.5 Å². The molecule has 0 aromatic heterocycles. The Hall–Kier alpha value is -2.19. The lowest BCUT2D eigenvalue weighted by atomic mass is 10.1. The fourth-order valence-corrected chi connectivity index (χ4v) is 2.85. The van der Waals surface area contributed by atoms with Crippen molar-refractivity contribution < 1.29 is 27.8 Å². The van der Waals surface area contributed by atoms with Gasteiger partial charge >= 0.3 is 6.61 Å². The molecule has 0 spiro atoms. The number of carbonyl (C=O) groups excluding carboxylic acids is 1. The van der Waals surface area contributed by atoms with Gasteiger partial charge in [0.2, 0.25) is 5.91 Å². The highest BCUT2D eigenvalue weighted by Crippen LogP contribution is 2.29. The largest absolute Gasteiger partial charge is 0.493 e. The molecule has 1 aliphatic rings. The Morgan fingerprint density at radius 2 is 1.96 bits per heavy atom. The van der Waals surface area contributed by atoms with Crippen molar-refractivity contribution >= 4 is 12.0 Å². The predicted octanol–water partition coefficient (Wildman–Crippen LogP) is 2.54. The lowest BCUT2D eigenvalue weighted by Crippen LogP contribution is -2.51. The fourth-order valence-electron chi connectivity index (χ4n) is 2.85. The number of hydrogen-bond donors (Lipinski definition) is 1. The third-order valence-corrected chi connectivity index (χ3v) is 4.55. The zero-order valence-corrected chi connectivity index (χ0v) is 15.8. The van der Waals surface area contributed by atoms with Gasteiger partial charge in [0.15, 0.2) is 11.5 Å².